The van der Waals surface area contributed by atoms with Crippen LogP contribution in [0.4, 0.5) is 8.78 Å². The first kappa shape index (κ1) is 26.6. The number of nitrogens with zero attached hydrogens (tertiary/aromatic N) is 1. The van der Waals surface area contributed by atoms with E-state index in [1.54, 1.807) is 26.3 Å². The maximum Gasteiger partial charge on any atom is 0.387 e. The molecule has 0 saturated carbocycles. The molecule has 162 valence electrons. The van der Waals surface area contributed by atoms with Gasteiger partial charge in [0.05, 0.1) is 6.61 Å². The first-order valence-corrected chi connectivity index (χ1v) is 9.24. The summed E-state index contributed by atoms with van der Waals surface area (Å²) < 4.78 is 40.6. The van der Waals surface area contributed by atoms with E-state index in [2.05, 4.69) is 20.4 Å². The van der Waals surface area contributed by atoms with Crippen molar-refractivity contribution in [2.75, 3.05) is 33.9 Å². The van der Waals surface area contributed by atoms with E-state index in [1.807, 2.05) is 6.92 Å². The Kier molecular flexibility index (Phi) is 15.8. The highest BCUT2D eigenvalue weighted by Crippen LogP contribution is 2.26. The van der Waals surface area contributed by atoms with E-state index in [0.717, 1.165) is 38.8 Å². The predicted molar refractivity (Wildman–Crippen MR) is 118 cm³/mol. The van der Waals surface area contributed by atoms with Crippen LogP contribution >= 0.6 is 24.0 Å². The lowest BCUT2D eigenvalue weighted by Gasteiger charge is -2.16. The molecule has 1 rings (SSSR count). The van der Waals surface area contributed by atoms with E-state index in [4.69, 9.17) is 9.47 Å². The van der Waals surface area contributed by atoms with Gasteiger partial charge in [0.2, 0.25) is 0 Å². The maximum absolute atomic E-state index is 12.7. The van der Waals surface area contributed by atoms with Gasteiger partial charge >= 0.3 is 6.61 Å². The Morgan fingerprint density at radius 1 is 1.14 bits per heavy atom. The maximum atomic E-state index is 12.7. The fourth-order valence-electron chi connectivity index (χ4n) is 2.35. The summed E-state index contributed by atoms with van der Waals surface area (Å²) in [6.45, 7) is 1.44. The SMILES string of the molecule is CCCOc1ccc(CNC(=NC)NCCCCCOC)c(OC(F)F)c1.I. The van der Waals surface area contributed by atoms with E-state index < -0.39 is 6.61 Å². The lowest BCUT2D eigenvalue weighted by atomic mass is 10.2. The van der Waals surface area contributed by atoms with E-state index in [9.17, 15) is 8.78 Å². The fraction of sp³-hybridized carbons (Fsp3) is 0.632. The van der Waals surface area contributed by atoms with E-state index in [-0.39, 0.29) is 29.7 Å². The number of methoxy groups -OCH3 is 1. The highest BCUT2D eigenvalue weighted by molar-refractivity contribution is 14.0. The van der Waals surface area contributed by atoms with Crippen LogP contribution in [0.1, 0.15) is 38.2 Å². The van der Waals surface area contributed by atoms with Gasteiger partial charge in [-0.1, -0.05) is 6.92 Å². The first-order valence-electron chi connectivity index (χ1n) is 9.24. The van der Waals surface area contributed by atoms with Gasteiger partial charge in [-0.05, 0) is 37.8 Å². The van der Waals surface area contributed by atoms with Crippen LogP contribution in [0, 0.1) is 0 Å². The number of alkyl halides is 2. The zero-order valence-electron chi connectivity index (χ0n) is 16.8. The average Bonchev–Trinajstić information content (AvgIpc) is 2.65. The number of hydrogen-bond acceptors (Lipinski definition) is 4. The van der Waals surface area contributed by atoms with Crippen molar-refractivity contribution in [3.8, 4) is 11.5 Å². The molecule has 1 aromatic carbocycles. The topological polar surface area (TPSA) is 64.1 Å². The number of aliphatic imine (C=N–C) groups is 1. The van der Waals surface area contributed by atoms with Gasteiger partial charge in [-0.2, -0.15) is 8.78 Å². The van der Waals surface area contributed by atoms with Gasteiger partial charge in [0.1, 0.15) is 11.5 Å². The van der Waals surface area contributed by atoms with Crippen LogP contribution in [-0.2, 0) is 11.3 Å². The van der Waals surface area contributed by atoms with Gasteiger partial charge in [0.15, 0.2) is 5.96 Å². The Morgan fingerprint density at radius 2 is 1.93 bits per heavy atom. The molecule has 9 heteroatoms. The van der Waals surface area contributed by atoms with Crippen LogP contribution in [0.3, 0.4) is 0 Å². The quantitative estimate of drug-likeness (QED) is 0.179. The monoisotopic (exact) mass is 515 g/mol. The second-order valence-corrected chi connectivity index (χ2v) is 5.90. The van der Waals surface area contributed by atoms with Gasteiger partial charge in [-0.15, -0.1) is 24.0 Å². The number of halogens is 3. The largest absolute Gasteiger partial charge is 0.493 e. The summed E-state index contributed by atoms with van der Waals surface area (Å²) >= 11 is 0. The molecular weight excluding hydrogens is 483 g/mol. The van der Waals surface area contributed by atoms with Crippen molar-refractivity contribution in [1.29, 1.82) is 0 Å². The van der Waals surface area contributed by atoms with Crippen molar-refractivity contribution < 1.29 is 23.0 Å². The Bertz CT molecular complexity index is 563. The molecule has 0 unspecified atom stereocenters. The molecule has 0 saturated heterocycles. The van der Waals surface area contributed by atoms with Crippen LogP contribution in [0.2, 0.25) is 0 Å². The van der Waals surface area contributed by atoms with Gasteiger partial charge in [0.25, 0.3) is 0 Å². The predicted octanol–water partition coefficient (Wildman–Crippen LogP) is 4.18. The third-order valence-electron chi connectivity index (χ3n) is 3.72. The van der Waals surface area contributed by atoms with E-state index in [0.29, 0.717) is 30.4 Å². The summed E-state index contributed by atoms with van der Waals surface area (Å²) in [7, 11) is 3.36. The molecule has 0 fully saturated rings. The van der Waals surface area contributed by atoms with Crippen molar-refractivity contribution >= 4 is 29.9 Å². The van der Waals surface area contributed by atoms with Crippen molar-refractivity contribution in [2.45, 2.75) is 45.8 Å². The fourth-order valence-corrected chi connectivity index (χ4v) is 2.35. The number of rotatable bonds is 13. The Balaban J connectivity index is 0.00000729. The molecule has 2 N–H and O–H groups in total. The minimum atomic E-state index is -2.89. The standard InChI is InChI=1S/C19H31F2N3O3.HI/c1-4-11-26-16-9-8-15(17(13-16)27-18(20)21)14-24-19(22-2)23-10-6-5-7-12-25-3;/h8-9,13,18H,4-7,10-12,14H2,1-3H3,(H2,22,23,24);1H. The molecule has 0 heterocycles. The van der Waals surface area contributed by atoms with Crippen LogP contribution in [-0.4, -0.2) is 46.5 Å². The van der Waals surface area contributed by atoms with Gasteiger partial charge < -0.3 is 24.8 Å². The van der Waals surface area contributed by atoms with E-state index >= 15 is 0 Å². The second kappa shape index (κ2) is 16.6. The van der Waals surface area contributed by atoms with Gasteiger partial charge in [0, 0.05) is 45.5 Å². The normalized spacial score (nSPS) is 11.1. The minimum Gasteiger partial charge on any atom is -0.493 e. The molecule has 0 atom stereocenters. The smallest absolute Gasteiger partial charge is 0.387 e. The number of hydrogen-bond donors (Lipinski definition) is 2. The van der Waals surface area contributed by atoms with Crippen molar-refractivity contribution in [3.05, 3.63) is 23.8 Å². The summed E-state index contributed by atoms with van der Waals surface area (Å²) in [5, 5.41) is 6.31. The third-order valence-corrected chi connectivity index (χ3v) is 3.72. The van der Waals surface area contributed by atoms with E-state index in [1.165, 1.54) is 6.07 Å². The van der Waals surface area contributed by atoms with Crippen LogP contribution in [0.25, 0.3) is 0 Å². The Labute approximate surface area is 183 Å². The molecule has 28 heavy (non-hydrogen) atoms. The Hall–Kier alpha value is -1.36. The summed E-state index contributed by atoms with van der Waals surface area (Å²) in [6, 6.07) is 4.95. The average molecular weight is 515 g/mol. The first-order chi connectivity index (χ1) is 13.1. The van der Waals surface area contributed by atoms with Crippen molar-refractivity contribution in [1.82, 2.24) is 10.6 Å². The molecule has 0 amide bonds. The lowest BCUT2D eigenvalue weighted by Crippen LogP contribution is -2.37. The number of ether oxygens (including phenoxy) is 3. The summed E-state index contributed by atoms with van der Waals surface area (Å²) in [5.74, 6) is 1.21. The van der Waals surface area contributed by atoms with Crippen LogP contribution in [0.15, 0.2) is 23.2 Å². The molecule has 0 spiro atoms. The zero-order chi connectivity index (χ0) is 19.9. The Morgan fingerprint density at radius 3 is 2.57 bits per heavy atom. The molecule has 0 bridgehead atoms. The number of benzene rings is 1. The number of nitrogens with one attached hydrogen (secondary N) is 2. The number of guanidine groups is 1. The molecule has 0 aliphatic carbocycles. The molecule has 0 aromatic heterocycles. The molecule has 0 radical (unpaired) electrons. The molecule has 1 aromatic rings. The lowest BCUT2D eigenvalue weighted by molar-refractivity contribution is -0.0505. The van der Waals surface area contributed by atoms with Crippen LogP contribution in [0.5, 0.6) is 11.5 Å². The molecule has 0 aliphatic heterocycles. The summed E-state index contributed by atoms with van der Waals surface area (Å²) in [5.41, 5.74) is 0.599. The molecule has 0 aliphatic rings. The van der Waals surface area contributed by atoms with Crippen molar-refractivity contribution in [3.63, 3.8) is 0 Å². The van der Waals surface area contributed by atoms with Gasteiger partial charge in [-0.25, -0.2) is 0 Å². The highest BCUT2D eigenvalue weighted by Gasteiger charge is 2.12. The van der Waals surface area contributed by atoms with Crippen LogP contribution < -0.4 is 20.1 Å². The number of unbranched alkanes of at least 4 members (excludes halogenated alkanes) is 2. The highest BCUT2D eigenvalue weighted by atomic mass is 127. The summed E-state index contributed by atoms with van der Waals surface area (Å²) in [4.78, 5) is 4.14. The third kappa shape index (κ3) is 11.5. The molecule has 6 nitrogen and oxygen atoms in total. The summed E-state index contributed by atoms with van der Waals surface area (Å²) in [6.07, 6.45) is 3.91. The molecular formula is C19H32F2IN3O3. The zero-order valence-corrected chi connectivity index (χ0v) is 19.1. The second-order valence-electron chi connectivity index (χ2n) is 5.90. The van der Waals surface area contributed by atoms with Crippen molar-refractivity contribution in [2.24, 2.45) is 4.99 Å². The van der Waals surface area contributed by atoms with Gasteiger partial charge in [-0.3, -0.25) is 4.99 Å². The minimum absolute atomic E-state index is 0.